The molecule has 0 unspecified atom stereocenters. The topological polar surface area (TPSA) is 91.6 Å². The zero-order chi connectivity index (χ0) is 19.1. The third-order valence-corrected chi connectivity index (χ3v) is 3.62. The first-order valence-corrected chi connectivity index (χ1v) is 7.92. The molecule has 0 saturated carbocycles. The summed E-state index contributed by atoms with van der Waals surface area (Å²) >= 11 is 0. The Labute approximate surface area is 150 Å². The number of hydrogen-bond acceptors (Lipinski definition) is 5. The summed E-state index contributed by atoms with van der Waals surface area (Å²) in [6, 6.07) is 7.11. The highest BCUT2D eigenvalue weighted by Crippen LogP contribution is 2.16. The molecule has 1 N–H and O–H groups in total. The molecule has 8 nitrogen and oxygen atoms in total. The summed E-state index contributed by atoms with van der Waals surface area (Å²) in [6.07, 6.45) is 4.01. The molecule has 1 amide bonds. The first kappa shape index (κ1) is 19.0. The summed E-state index contributed by atoms with van der Waals surface area (Å²) < 4.78 is 12.8. The predicted molar refractivity (Wildman–Crippen MR) is 97.5 cm³/mol. The first-order valence-electron chi connectivity index (χ1n) is 7.92. The van der Waals surface area contributed by atoms with Crippen molar-refractivity contribution in [2.75, 3.05) is 20.3 Å². The van der Waals surface area contributed by atoms with E-state index < -0.39 is 11.2 Å². The van der Waals surface area contributed by atoms with Crippen molar-refractivity contribution >= 4 is 12.0 Å². The van der Waals surface area contributed by atoms with E-state index in [0.29, 0.717) is 18.9 Å². The number of carbonyl (C=O) groups is 1. The fraction of sp³-hybridized carbons (Fsp3) is 0.278. The highest BCUT2D eigenvalue weighted by molar-refractivity contribution is 5.91. The number of benzene rings is 1. The third kappa shape index (κ3) is 4.85. The number of amides is 1. The number of nitrogens with one attached hydrogen (secondary N) is 1. The molecule has 0 saturated heterocycles. The van der Waals surface area contributed by atoms with Gasteiger partial charge in [0.1, 0.15) is 18.1 Å². The highest BCUT2D eigenvalue weighted by atomic mass is 16.5. The SMILES string of the molecule is COc1ccc(OCCNC(=O)/C=C/c2cn(C)c(=O)n(C)c2=O)cc1. The van der Waals surface area contributed by atoms with E-state index in [2.05, 4.69) is 5.32 Å². The summed E-state index contributed by atoms with van der Waals surface area (Å²) in [5.41, 5.74) is -0.633. The molecular formula is C18H21N3O5. The summed E-state index contributed by atoms with van der Waals surface area (Å²) in [5.74, 6) is 1.05. The fourth-order valence-electron chi connectivity index (χ4n) is 2.19. The van der Waals surface area contributed by atoms with Gasteiger partial charge in [-0.1, -0.05) is 0 Å². The predicted octanol–water partition coefficient (Wildman–Crippen LogP) is 0.301. The van der Waals surface area contributed by atoms with Crippen molar-refractivity contribution in [3.05, 3.63) is 62.9 Å². The Kier molecular flexibility index (Phi) is 6.37. The average Bonchev–Trinajstić information content (AvgIpc) is 2.65. The number of rotatable bonds is 7. The second kappa shape index (κ2) is 8.70. The van der Waals surface area contributed by atoms with E-state index >= 15 is 0 Å². The molecule has 0 spiro atoms. The van der Waals surface area contributed by atoms with Crippen LogP contribution in [0.3, 0.4) is 0 Å². The lowest BCUT2D eigenvalue weighted by Gasteiger charge is -2.07. The Balaban J connectivity index is 1.84. The Bertz CT molecular complexity index is 910. The first-order chi connectivity index (χ1) is 12.4. The second-order valence-electron chi connectivity index (χ2n) is 5.49. The number of aromatic nitrogens is 2. The van der Waals surface area contributed by atoms with Gasteiger partial charge in [0.15, 0.2) is 0 Å². The Morgan fingerprint density at radius 3 is 2.46 bits per heavy atom. The minimum Gasteiger partial charge on any atom is -0.497 e. The Morgan fingerprint density at radius 2 is 1.81 bits per heavy atom. The Morgan fingerprint density at radius 1 is 1.15 bits per heavy atom. The van der Waals surface area contributed by atoms with E-state index in [1.54, 1.807) is 31.4 Å². The monoisotopic (exact) mass is 359 g/mol. The normalized spacial score (nSPS) is 10.7. The molecular weight excluding hydrogens is 338 g/mol. The molecule has 0 radical (unpaired) electrons. The van der Waals surface area contributed by atoms with Crippen molar-refractivity contribution in [1.82, 2.24) is 14.5 Å². The number of nitrogens with zero attached hydrogens (tertiary/aromatic N) is 2. The van der Waals surface area contributed by atoms with Crippen molar-refractivity contribution in [2.24, 2.45) is 14.1 Å². The number of carbonyl (C=O) groups excluding carboxylic acids is 1. The van der Waals surface area contributed by atoms with Crippen LogP contribution in [0, 0.1) is 0 Å². The van der Waals surface area contributed by atoms with Crippen LogP contribution < -0.4 is 26.0 Å². The van der Waals surface area contributed by atoms with Crippen molar-refractivity contribution in [3.63, 3.8) is 0 Å². The lowest BCUT2D eigenvalue weighted by atomic mass is 10.3. The molecule has 0 aliphatic carbocycles. The fourth-order valence-corrected chi connectivity index (χ4v) is 2.19. The highest BCUT2D eigenvalue weighted by Gasteiger charge is 2.04. The molecule has 0 bridgehead atoms. The van der Waals surface area contributed by atoms with E-state index in [1.807, 2.05) is 0 Å². The lowest BCUT2D eigenvalue weighted by molar-refractivity contribution is -0.116. The molecule has 0 aliphatic heterocycles. The third-order valence-electron chi connectivity index (χ3n) is 3.62. The average molecular weight is 359 g/mol. The van der Waals surface area contributed by atoms with Crippen LogP contribution in [-0.4, -0.2) is 35.3 Å². The van der Waals surface area contributed by atoms with Crippen LogP contribution >= 0.6 is 0 Å². The van der Waals surface area contributed by atoms with Crippen LogP contribution in [-0.2, 0) is 18.9 Å². The van der Waals surface area contributed by atoms with E-state index in [-0.39, 0.29) is 11.5 Å². The van der Waals surface area contributed by atoms with Crippen LogP contribution in [0.5, 0.6) is 11.5 Å². The van der Waals surface area contributed by atoms with Crippen LogP contribution in [0.25, 0.3) is 6.08 Å². The molecule has 0 atom stereocenters. The van der Waals surface area contributed by atoms with E-state index in [0.717, 1.165) is 10.3 Å². The Hall–Kier alpha value is -3.29. The smallest absolute Gasteiger partial charge is 0.330 e. The van der Waals surface area contributed by atoms with Gasteiger partial charge in [0, 0.05) is 26.4 Å². The molecule has 0 fully saturated rings. The van der Waals surface area contributed by atoms with Gasteiger partial charge in [-0.2, -0.15) is 0 Å². The lowest BCUT2D eigenvalue weighted by Crippen LogP contribution is -2.37. The van der Waals surface area contributed by atoms with Crippen LogP contribution in [0.2, 0.25) is 0 Å². The van der Waals surface area contributed by atoms with Gasteiger partial charge in [0.25, 0.3) is 5.56 Å². The molecule has 138 valence electrons. The van der Waals surface area contributed by atoms with Crippen molar-refractivity contribution in [2.45, 2.75) is 0 Å². The van der Waals surface area contributed by atoms with E-state index in [1.165, 1.54) is 37.0 Å². The number of hydrogen-bond donors (Lipinski definition) is 1. The quantitative estimate of drug-likeness (QED) is 0.567. The standard InChI is InChI=1S/C18H21N3O5/c1-20-12-13(17(23)21(2)18(20)24)4-9-16(22)19-10-11-26-15-7-5-14(25-3)6-8-15/h4-9,12H,10-11H2,1-3H3,(H,19,22)/b9-4+. The summed E-state index contributed by atoms with van der Waals surface area (Å²) in [7, 11) is 4.51. The van der Waals surface area contributed by atoms with Gasteiger partial charge in [-0.25, -0.2) is 4.79 Å². The molecule has 2 aromatic rings. The zero-order valence-corrected chi connectivity index (χ0v) is 14.9. The van der Waals surface area contributed by atoms with Crippen molar-refractivity contribution in [1.29, 1.82) is 0 Å². The van der Waals surface area contributed by atoms with E-state index in [4.69, 9.17) is 9.47 Å². The van der Waals surface area contributed by atoms with Gasteiger partial charge in [0.2, 0.25) is 5.91 Å². The molecule has 0 aliphatic rings. The van der Waals surface area contributed by atoms with Gasteiger partial charge in [0.05, 0.1) is 19.2 Å². The molecule has 1 heterocycles. The van der Waals surface area contributed by atoms with Gasteiger partial charge in [-0.15, -0.1) is 0 Å². The molecule has 1 aromatic carbocycles. The van der Waals surface area contributed by atoms with Gasteiger partial charge < -0.3 is 19.4 Å². The summed E-state index contributed by atoms with van der Waals surface area (Å²) in [6.45, 7) is 0.605. The van der Waals surface area contributed by atoms with Crippen molar-refractivity contribution in [3.8, 4) is 11.5 Å². The number of ether oxygens (including phenoxy) is 2. The maximum atomic E-state index is 12.0. The minimum atomic E-state index is -0.458. The van der Waals surface area contributed by atoms with Crippen LogP contribution in [0.4, 0.5) is 0 Å². The summed E-state index contributed by atoms with van der Waals surface area (Å²) in [4.78, 5) is 35.4. The van der Waals surface area contributed by atoms with Gasteiger partial charge in [-0.05, 0) is 30.3 Å². The molecule has 8 heteroatoms. The van der Waals surface area contributed by atoms with Crippen LogP contribution in [0.15, 0.2) is 46.1 Å². The van der Waals surface area contributed by atoms with Crippen LogP contribution in [0.1, 0.15) is 5.56 Å². The zero-order valence-electron chi connectivity index (χ0n) is 14.9. The largest absolute Gasteiger partial charge is 0.497 e. The van der Waals surface area contributed by atoms with Crippen molar-refractivity contribution < 1.29 is 14.3 Å². The maximum absolute atomic E-state index is 12.0. The van der Waals surface area contributed by atoms with E-state index in [9.17, 15) is 14.4 Å². The minimum absolute atomic E-state index is 0.249. The number of methoxy groups -OCH3 is 1. The molecule has 1 aromatic heterocycles. The summed E-state index contributed by atoms with van der Waals surface area (Å²) in [5, 5.41) is 2.65. The van der Waals surface area contributed by atoms with Gasteiger partial charge >= 0.3 is 5.69 Å². The van der Waals surface area contributed by atoms with Gasteiger partial charge in [-0.3, -0.25) is 14.2 Å². The molecule has 26 heavy (non-hydrogen) atoms. The maximum Gasteiger partial charge on any atom is 0.330 e. The molecule has 2 rings (SSSR count). The second-order valence-corrected chi connectivity index (χ2v) is 5.49. The number of aryl methyl sites for hydroxylation is 1.